The first-order chi connectivity index (χ1) is 10.6. The number of aromatic nitrogens is 4. The van der Waals surface area contributed by atoms with Crippen molar-refractivity contribution in [2.45, 2.75) is 5.75 Å². The van der Waals surface area contributed by atoms with Crippen LogP contribution in [-0.2, 0) is 15.8 Å². The van der Waals surface area contributed by atoms with E-state index in [0.29, 0.717) is 17.1 Å². The number of aromatic amines is 1. The van der Waals surface area contributed by atoms with Crippen molar-refractivity contribution in [2.24, 2.45) is 0 Å². The summed E-state index contributed by atoms with van der Waals surface area (Å²) in [5.41, 5.74) is 1.86. The summed E-state index contributed by atoms with van der Waals surface area (Å²) in [4.78, 5) is 0. The molecular weight excluding hydrogens is 302 g/mol. The Labute approximate surface area is 127 Å². The lowest BCUT2D eigenvalue weighted by Gasteiger charge is -2.08. The van der Waals surface area contributed by atoms with Crippen LogP contribution in [0.15, 0.2) is 54.6 Å². The quantitative estimate of drug-likeness (QED) is 0.748. The molecule has 0 radical (unpaired) electrons. The van der Waals surface area contributed by atoms with Gasteiger partial charge in [-0.05, 0) is 22.9 Å². The van der Waals surface area contributed by atoms with E-state index in [0.717, 1.165) is 5.56 Å². The summed E-state index contributed by atoms with van der Waals surface area (Å²) in [6.45, 7) is 0. The smallest absolute Gasteiger partial charge is 0.236 e. The Balaban J connectivity index is 1.79. The van der Waals surface area contributed by atoms with Gasteiger partial charge in [0.1, 0.15) is 0 Å². The van der Waals surface area contributed by atoms with Crippen molar-refractivity contribution >= 4 is 15.7 Å². The minimum Gasteiger partial charge on any atom is -0.283 e. The minimum atomic E-state index is -3.49. The highest BCUT2D eigenvalue weighted by atomic mass is 32.2. The predicted octanol–water partition coefficient (Wildman–Crippen LogP) is 1.81. The average molecular weight is 315 g/mol. The molecule has 0 saturated carbocycles. The third-order valence-corrected chi connectivity index (χ3v) is 4.20. The normalized spacial score (nSPS) is 11.3. The monoisotopic (exact) mass is 315 g/mol. The Morgan fingerprint density at radius 2 is 1.86 bits per heavy atom. The molecule has 0 atom stereocenters. The first-order valence-electron chi connectivity index (χ1n) is 6.51. The maximum Gasteiger partial charge on any atom is 0.236 e. The van der Waals surface area contributed by atoms with E-state index in [1.807, 2.05) is 18.2 Å². The van der Waals surface area contributed by atoms with Crippen LogP contribution in [-0.4, -0.2) is 29.0 Å². The number of hydrogen-bond donors (Lipinski definition) is 2. The lowest BCUT2D eigenvalue weighted by molar-refractivity contribution is 0.600. The molecule has 0 unspecified atom stereocenters. The Hall–Kier alpha value is -2.74. The Morgan fingerprint density at radius 3 is 2.59 bits per heavy atom. The molecular formula is C14H13N5O2S. The Kier molecular flexibility index (Phi) is 3.84. The van der Waals surface area contributed by atoms with E-state index in [1.54, 1.807) is 36.4 Å². The van der Waals surface area contributed by atoms with Crippen molar-refractivity contribution in [2.75, 3.05) is 4.72 Å². The molecule has 0 aliphatic carbocycles. The van der Waals surface area contributed by atoms with Crippen LogP contribution in [0.5, 0.6) is 0 Å². The fourth-order valence-electron chi connectivity index (χ4n) is 2.02. The molecule has 112 valence electrons. The van der Waals surface area contributed by atoms with Crippen LogP contribution >= 0.6 is 0 Å². The lowest BCUT2D eigenvalue weighted by Crippen LogP contribution is -2.15. The average Bonchev–Trinajstić information content (AvgIpc) is 3.02. The molecule has 1 heterocycles. The fourth-order valence-corrected chi connectivity index (χ4v) is 3.20. The van der Waals surface area contributed by atoms with Crippen LogP contribution in [0.3, 0.4) is 0 Å². The fraction of sp³-hybridized carbons (Fsp3) is 0.0714. The van der Waals surface area contributed by atoms with Gasteiger partial charge in [0.05, 0.1) is 5.75 Å². The summed E-state index contributed by atoms with van der Waals surface area (Å²) in [6.07, 6.45) is 0. The summed E-state index contributed by atoms with van der Waals surface area (Å²) in [5, 5.41) is 13.6. The van der Waals surface area contributed by atoms with E-state index in [4.69, 9.17) is 0 Å². The van der Waals surface area contributed by atoms with Gasteiger partial charge in [-0.25, -0.2) is 8.42 Å². The summed E-state index contributed by atoms with van der Waals surface area (Å²) in [6, 6.07) is 15.8. The van der Waals surface area contributed by atoms with E-state index < -0.39 is 10.0 Å². The molecule has 0 aliphatic heterocycles. The van der Waals surface area contributed by atoms with Gasteiger partial charge in [0.15, 0.2) is 0 Å². The number of H-pyrrole nitrogens is 1. The van der Waals surface area contributed by atoms with E-state index in [9.17, 15) is 8.42 Å². The Morgan fingerprint density at radius 1 is 1.05 bits per heavy atom. The molecule has 0 fully saturated rings. The number of anilines is 1. The summed E-state index contributed by atoms with van der Waals surface area (Å²) >= 11 is 0. The third kappa shape index (κ3) is 3.47. The molecule has 7 nitrogen and oxygen atoms in total. The second kappa shape index (κ2) is 5.94. The number of benzene rings is 2. The van der Waals surface area contributed by atoms with Gasteiger partial charge >= 0.3 is 0 Å². The lowest BCUT2D eigenvalue weighted by atomic mass is 10.2. The van der Waals surface area contributed by atoms with Gasteiger partial charge in [0, 0.05) is 11.3 Å². The zero-order valence-electron chi connectivity index (χ0n) is 11.5. The second-order valence-electron chi connectivity index (χ2n) is 4.66. The van der Waals surface area contributed by atoms with Crippen LogP contribution in [0.2, 0.25) is 0 Å². The number of nitrogens with one attached hydrogen (secondary N) is 2. The zero-order valence-corrected chi connectivity index (χ0v) is 12.3. The van der Waals surface area contributed by atoms with Crippen LogP contribution in [0.25, 0.3) is 11.4 Å². The molecule has 22 heavy (non-hydrogen) atoms. The van der Waals surface area contributed by atoms with Crippen molar-refractivity contribution in [1.82, 2.24) is 20.6 Å². The van der Waals surface area contributed by atoms with Gasteiger partial charge in [-0.2, -0.15) is 5.21 Å². The summed E-state index contributed by atoms with van der Waals surface area (Å²) < 4.78 is 27.0. The van der Waals surface area contributed by atoms with Gasteiger partial charge in [-0.15, -0.1) is 10.2 Å². The van der Waals surface area contributed by atoms with Crippen molar-refractivity contribution in [1.29, 1.82) is 0 Å². The molecule has 3 rings (SSSR count). The van der Waals surface area contributed by atoms with Crippen LogP contribution in [0, 0.1) is 0 Å². The van der Waals surface area contributed by atoms with Crippen molar-refractivity contribution < 1.29 is 8.42 Å². The van der Waals surface area contributed by atoms with Crippen LogP contribution < -0.4 is 4.72 Å². The molecule has 0 saturated heterocycles. The van der Waals surface area contributed by atoms with Gasteiger partial charge < -0.3 is 0 Å². The van der Waals surface area contributed by atoms with E-state index >= 15 is 0 Å². The van der Waals surface area contributed by atoms with Crippen LogP contribution in [0.4, 0.5) is 5.69 Å². The highest BCUT2D eigenvalue weighted by Crippen LogP contribution is 2.20. The standard InChI is InChI=1S/C14H13N5O2S/c20-22(21,10-11-5-2-1-3-6-11)17-13-8-4-7-12(9-13)14-15-18-19-16-14/h1-9,17H,10H2,(H,15,16,18,19). The number of rotatable bonds is 5. The van der Waals surface area contributed by atoms with Gasteiger partial charge in [0.2, 0.25) is 15.8 Å². The number of tetrazole rings is 1. The number of sulfonamides is 1. The van der Waals surface area contributed by atoms with E-state index in [-0.39, 0.29) is 5.75 Å². The summed E-state index contributed by atoms with van der Waals surface area (Å²) in [7, 11) is -3.49. The molecule has 0 spiro atoms. The van der Waals surface area contributed by atoms with Crippen LogP contribution in [0.1, 0.15) is 5.56 Å². The molecule has 2 aromatic carbocycles. The molecule has 3 aromatic rings. The minimum absolute atomic E-state index is 0.0831. The Bertz CT molecular complexity index is 848. The molecule has 0 amide bonds. The van der Waals surface area contributed by atoms with Crippen molar-refractivity contribution in [3.8, 4) is 11.4 Å². The van der Waals surface area contributed by atoms with E-state index in [2.05, 4.69) is 25.3 Å². The molecule has 1 aromatic heterocycles. The van der Waals surface area contributed by atoms with Gasteiger partial charge in [0.25, 0.3) is 0 Å². The van der Waals surface area contributed by atoms with E-state index in [1.165, 1.54) is 0 Å². The summed E-state index contributed by atoms with van der Waals surface area (Å²) in [5.74, 6) is 0.324. The molecule has 0 bridgehead atoms. The largest absolute Gasteiger partial charge is 0.283 e. The van der Waals surface area contributed by atoms with Crippen molar-refractivity contribution in [3.63, 3.8) is 0 Å². The maximum absolute atomic E-state index is 12.2. The topological polar surface area (TPSA) is 101 Å². The first kappa shape index (κ1) is 14.2. The third-order valence-electron chi connectivity index (χ3n) is 2.94. The highest BCUT2D eigenvalue weighted by Gasteiger charge is 2.12. The van der Waals surface area contributed by atoms with Gasteiger partial charge in [-0.3, -0.25) is 4.72 Å². The second-order valence-corrected chi connectivity index (χ2v) is 6.39. The van der Waals surface area contributed by atoms with Crippen molar-refractivity contribution in [3.05, 3.63) is 60.2 Å². The maximum atomic E-state index is 12.2. The SMILES string of the molecule is O=S(=O)(Cc1ccccc1)Nc1cccc(-c2nn[nH]n2)c1. The molecule has 2 N–H and O–H groups in total. The zero-order chi connectivity index (χ0) is 15.4. The predicted molar refractivity (Wildman–Crippen MR) is 82.3 cm³/mol. The van der Waals surface area contributed by atoms with Gasteiger partial charge in [-0.1, -0.05) is 42.5 Å². The highest BCUT2D eigenvalue weighted by molar-refractivity contribution is 7.91. The molecule has 8 heteroatoms. The number of hydrogen-bond acceptors (Lipinski definition) is 5. The molecule has 0 aliphatic rings. The first-order valence-corrected chi connectivity index (χ1v) is 8.16. The number of nitrogens with zero attached hydrogens (tertiary/aromatic N) is 3.